The van der Waals surface area contributed by atoms with Gasteiger partial charge in [0.2, 0.25) is 0 Å². The Morgan fingerprint density at radius 1 is 0.953 bits per heavy atom. The average Bonchev–Trinajstić information content (AvgIpc) is 3.75. The summed E-state index contributed by atoms with van der Waals surface area (Å²) < 4.78 is 12.1. The molecule has 0 saturated heterocycles. The number of hydrogen-bond donors (Lipinski definition) is 0. The summed E-state index contributed by atoms with van der Waals surface area (Å²) in [7, 11) is 0. The predicted molar refractivity (Wildman–Crippen MR) is 177 cm³/mol. The molecule has 3 aromatic carbocycles. The minimum atomic E-state index is -0.528. The van der Waals surface area contributed by atoms with E-state index in [2.05, 4.69) is 70.3 Å². The third kappa shape index (κ3) is 12.2. The molecular formula is C38H44ClFKO2-. The van der Waals surface area contributed by atoms with Crippen LogP contribution in [0.15, 0.2) is 79.9 Å². The van der Waals surface area contributed by atoms with Crippen LogP contribution in [-0.2, 0) is 22.4 Å². The van der Waals surface area contributed by atoms with Gasteiger partial charge in [-0.1, -0.05) is 84.6 Å². The fourth-order valence-electron chi connectivity index (χ4n) is 4.57. The second kappa shape index (κ2) is 19.5. The van der Waals surface area contributed by atoms with Gasteiger partial charge in [-0.15, -0.1) is 11.6 Å². The Hall–Kier alpha value is -1.92. The number of hydrogen-bond acceptors (Lipinski definition) is 2. The van der Waals surface area contributed by atoms with Crippen LogP contribution in [-0.4, -0.2) is 11.6 Å². The quantitative estimate of drug-likeness (QED) is 0.115. The van der Waals surface area contributed by atoms with Crippen LogP contribution in [0, 0.1) is 45.5 Å². The molecule has 0 unspecified atom stereocenters. The Labute approximate surface area is 307 Å². The maximum Gasteiger partial charge on any atom is 1.00 e. The second-order valence-corrected chi connectivity index (χ2v) is 11.0. The number of rotatable bonds is 8. The molecule has 1 aliphatic rings. The molecule has 0 amide bonds. The molecule has 0 spiro atoms. The van der Waals surface area contributed by atoms with Crippen molar-refractivity contribution in [2.75, 3.05) is 0 Å². The monoisotopic (exact) mass is 625 g/mol. The molecule has 0 N–H and O–H groups in total. The number of Topliss-reactive ketones (excluding diaryl/α,β-unsaturated/α-hetero) is 2. The number of halogens is 2. The van der Waals surface area contributed by atoms with Gasteiger partial charge in [-0.25, -0.2) is 4.39 Å². The van der Waals surface area contributed by atoms with Crippen molar-refractivity contribution in [3.05, 3.63) is 143 Å². The van der Waals surface area contributed by atoms with E-state index in [1.807, 2.05) is 19.1 Å². The molecular weight excluding hydrogens is 582 g/mol. The van der Waals surface area contributed by atoms with E-state index in [4.69, 9.17) is 11.6 Å². The molecule has 1 saturated carbocycles. The van der Waals surface area contributed by atoms with E-state index in [0.29, 0.717) is 0 Å². The first kappa shape index (κ1) is 41.1. The van der Waals surface area contributed by atoms with Crippen molar-refractivity contribution in [3.8, 4) is 0 Å². The number of carbonyl (C=O) groups excluding carboxylic acids is 2. The predicted octanol–water partition coefficient (Wildman–Crippen LogP) is 7.20. The van der Waals surface area contributed by atoms with E-state index in [1.54, 1.807) is 12.1 Å². The fraction of sp³-hybridized carbons (Fsp3) is 0.289. The molecule has 0 aliphatic heterocycles. The second-order valence-electron chi connectivity index (χ2n) is 10.5. The molecule has 0 atom stereocenters. The number of aryl methyl sites for hydroxylation is 4. The molecule has 224 valence electrons. The van der Waals surface area contributed by atoms with Gasteiger partial charge in [0.05, 0.1) is 5.41 Å². The topological polar surface area (TPSA) is 34.1 Å². The maximum absolute atomic E-state index is 12.1. The Morgan fingerprint density at radius 2 is 1.51 bits per heavy atom. The Bertz CT molecular complexity index is 1400. The molecule has 3 aromatic rings. The van der Waals surface area contributed by atoms with Crippen molar-refractivity contribution < 1.29 is 65.4 Å². The zero-order chi connectivity index (χ0) is 30.7. The third-order valence-corrected chi connectivity index (χ3v) is 7.74. The summed E-state index contributed by atoms with van der Waals surface area (Å²) in [4.78, 5) is 21.5. The van der Waals surface area contributed by atoms with Gasteiger partial charge in [0, 0.05) is 5.02 Å². The first-order valence-corrected chi connectivity index (χ1v) is 14.2. The van der Waals surface area contributed by atoms with Crippen LogP contribution in [0.4, 0.5) is 4.39 Å². The van der Waals surface area contributed by atoms with Gasteiger partial charge in [0.1, 0.15) is 17.4 Å². The molecule has 0 aromatic heterocycles. The Kier molecular flexibility index (Phi) is 18.6. The van der Waals surface area contributed by atoms with Gasteiger partial charge >= 0.3 is 51.4 Å². The van der Waals surface area contributed by atoms with Crippen LogP contribution in [0.25, 0.3) is 5.57 Å². The fourth-order valence-corrected chi connectivity index (χ4v) is 4.87. The van der Waals surface area contributed by atoms with E-state index in [9.17, 15) is 14.0 Å². The van der Waals surface area contributed by atoms with Gasteiger partial charge in [-0.3, -0.25) is 9.59 Å². The standard InChI is InChI=1S/C23H24Cl.C7H7F.C7H10O2.CH3.K/c1-6-9-20(14-21-11-10-16(4)12-23(21)24)22-15-19(8-3)18(7-2)13-17(22)5;1-6-2-4-7(8)5-3-6;1-5(8)7(3-4-7)6(2)9;;/h6,9-13,15H,1,3,7,14H2,2,4-5H3;2-5H,1H3;3-4H2,1-2H3;1H3;/q-1;;;-1;+1/b20-9-;;;;. The van der Waals surface area contributed by atoms with Gasteiger partial charge in [-0.2, -0.15) is 24.3 Å². The molecule has 2 nitrogen and oxygen atoms in total. The van der Waals surface area contributed by atoms with Crippen LogP contribution in [0.1, 0.15) is 72.6 Å². The Balaban J connectivity index is 0.000000760. The minimum Gasteiger partial charge on any atom is -0.358 e. The summed E-state index contributed by atoms with van der Waals surface area (Å²) in [6, 6.07) is 17.0. The number of carbonyl (C=O) groups is 2. The van der Waals surface area contributed by atoms with E-state index in [1.165, 1.54) is 53.8 Å². The summed E-state index contributed by atoms with van der Waals surface area (Å²) in [6.45, 7) is 19.0. The average molecular weight is 626 g/mol. The maximum atomic E-state index is 12.1. The summed E-state index contributed by atoms with van der Waals surface area (Å²) in [6.07, 6.45) is 10.3. The van der Waals surface area contributed by atoms with Crippen LogP contribution < -0.4 is 51.4 Å². The summed E-state index contributed by atoms with van der Waals surface area (Å²) in [5.74, 6) is -0.0967. The van der Waals surface area contributed by atoms with E-state index in [0.717, 1.165) is 47.4 Å². The summed E-state index contributed by atoms with van der Waals surface area (Å²) in [5.41, 5.74) is 8.86. The van der Waals surface area contributed by atoms with Crippen molar-refractivity contribution in [1.82, 2.24) is 0 Å². The molecule has 1 fully saturated rings. The number of ketones is 2. The van der Waals surface area contributed by atoms with Crippen LogP contribution >= 0.6 is 11.6 Å². The van der Waals surface area contributed by atoms with Crippen LogP contribution in [0.3, 0.4) is 0 Å². The van der Waals surface area contributed by atoms with Crippen molar-refractivity contribution in [2.24, 2.45) is 5.41 Å². The first-order valence-electron chi connectivity index (χ1n) is 13.9. The molecule has 4 rings (SSSR count). The molecule has 43 heavy (non-hydrogen) atoms. The summed E-state index contributed by atoms with van der Waals surface area (Å²) >= 11 is 6.43. The van der Waals surface area contributed by atoms with Crippen molar-refractivity contribution in [1.29, 1.82) is 0 Å². The Morgan fingerprint density at radius 3 is 1.91 bits per heavy atom. The number of benzene rings is 3. The third-order valence-electron chi connectivity index (χ3n) is 7.38. The smallest absolute Gasteiger partial charge is 0.358 e. The van der Waals surface area contributed by atoms with Crippen molar-refractivity contribution in [3.63, 3.8) is 0 Å². The van der Waals surface area contributed by atoms with Crippen molar-refractivity contribution >= 4 is 28.7 Å². The molecule has 0 bridgehead atoms. The number of allylic oxidation sites excluding steroid dienone is 3. The zero-order valence-electron chi connectivity index (χ0n) is 27.2. The molecule has 5 heteroatoms. The molecule has 0 heterocycles. The van der Waals surface area contributed by atoms with E-state index < -0.39 is 5.41 Å². The molecule has 1 aliphatic carbocycles. The van der Waals surface area contributed by atoms with Crippen LogP contribution in [0.2, 0.25) is 5.02 Å². The molecule has 0 radical (unpaired) electrons. The SMILES string of the molecule is C=[C-]c1cc(/C(=C\C=C)Cc2ccc(C)cc2Cl)c(C)cc1CC.CC(=O)C1(C(C)=O)CC1.Cc1ccc(F)cc1.[CH3-].[K+]. The van der Waals surface area contributed by atoms with E-state index in [-0.39, 0.29) is 76.2 Å². The normalized spacial score (nSPS) is 12.5. The van der Waals surface area contributed by atoms with Gasteiger partial charge in [-0.05, 0) is 88.8 Å². The zero-order valence-corrected chi connectivity index (χ0v) is 31.0. The van der Waals surface area contributed by atoms with Gasteiger partial charge < -0.3 is 7.43 Å². The van der Waals surface area contributed by atoms with E-state index >= 15 is 0 Å². The van der Waals surface area contributed by atoms with Crippen LogP contribution in [0.5, 0.6) is 0 Å². The first-order chi connectivity index (χ1) is 19.4. The van der Waals surface area contributed by atoms with Gasteiger partial charge in [0.25, 0.3) is 0 Å². The van der Waals surface area contributed by atoms with Crippen molar-refractivity contribution in [2.45, 2.75) is 67.2 Å². The minimum absolute atomic E-state index is 0. The largest absolute Gasteiger partial charge is 1.00 e. The summed E-state index contributed by atoms with van der Waals surface area (Å²) in [5, 5.41) is 0.809. The van der Waals surface area contributed by atoms with Gasteiger partial charge in [0.15, 0.2) is 0 Å².